The second kappa shape index (κ2) is 7.09. The van der Waals surface area contributed by atoms with Crippen molar-refractivity contribution >= 4 is 17.7 Å². The van der Waals surface area contributed by atoms with Crippen LogP contribution in [0.4, 0.5) is 0 Å². The lowest BCUT2D eigenvalue weighted by Crippen LogP contribution is -2.30. The molecule has 1 saturated heterocycles. The van der Waals surface area contributed by atoms with E-state index in [2.05, 4.69) is 0 Å². The Labute approximate surface area is 144 Å². The average molecular weight is 349 g/mol. The summed E-state index contributed by atoms with van der Waals surface area (Å²) in [7, 11) is 4.77. The number of ether oxygens (including phenoxy) is 3. The van der Waals surface area contributed by atoms with Crippen LogP contribution in [0, 0.1) is 0 Å². The number of furan rings is 1. The first-order chi connectivity index (χ1) is 11.7. The Morgan fingerprint density at radius 3 is 2.50 bits per heavy atom. The molecule has 0 bridgehead atoms. The Morgan fingerprint density at radius 1 is 1.17 bits per heavy atom. The zero-order valence-corrected chi connectivity index (χ0v) is 14.6. The molecule has 0 radical (unpaired) electrons. The second-order valence-electron chi connectivity index (χ2n) is 5.18. The molecular formula is C17H19NO5S. The third-order valence-corrected chi connectivity index (χ3v) is 5.16. The Bertz CT molecular complexity index is 716. The molecule has 24 heavy (non-hydrogen) atoms. The van der Waals surface area contributed by atoms with Crippen LogP contribution in [-0.2, 0) is 0 Å². The van der Waals surface area contributed by atoms with Gasteiger partial charge in [0, 0.05) is 23.9 Å². The lowest BCUT2D eigenvalue weighted by molar-refractivity contribution is 0.0758. The van der Waals surface area contributed by atoms with Crippen LogP contribution in [0.3, 0.4) is 0 Å². The lowest BCUT2D eigenvalue weighted by Gasteiger charge is -2.26. The van der Waals surface area contributed by atoms with Gasteiger partial charge in [0.25, 0.3) is 5.91 Å². The van der Waals surface area contributed by atoms with Crippen molar-refractivity contribution in [1.82, 2.24) is 4.90 Å². The maximum atomic E-state index is 12.7. The van der Waals surface area contributed by atoms with Crippen LogP contribution in [0.5, 0.6) is 17.2 Å². The highest BCUT2D eigenvalue weighted by molar-refractivity contribution is 7.99. The number of carbonyl (C=O) groups excluding carboxylic acids is 1. The summed E-state index contributed by atoms with van der Waals surface area (Å²) in [5.41, 5.74) is 1.43. The van der Waals surface area contributed by atoms with E-state index in [4.69, 9.17) is 18.6 Å². The minimum absolute atomic E-state index is 0.0596. The molecule has 128 valence electrons. The van der Waals surface area contributed by atoms with Crippen molar-refractivity contribution in [2.45, 2.75) is 5.37 Å². The van der Waals surface area contributed by atoms with Gasteiger partial charge in [-0.25, -0.2) is 0 Å². The van der Waals surface area contributed by atoms with Gasteiger partial charge in [-0.2, -0.15) is 0 Å². The average Bonchev–Trinajstić information content (AvgIpc) is 3.31. The summed E-state index contributed by atoms with van der Waals surface area (Å²) in [6.45, 7) is 0.664. The van der Waals surface area contributed by atoms with E-state index in [9.17, 15) is 4.79 Å². The molecule has 1 unspecified atom stereocenters. The van der Waals surface area contributed by atoms with Crippen molar-refractivity contribution < 1.29 is 23.4 Å². The Morgan fingerprint density at radius 2 is 1.88 bits per heavy atom. The van der Waals surface area contributed by atoms with Gasteiger partial charge in [-0.15, -0.1) is 11.8 Å². The number of thioether (sulfide) groups is 1. The van der Waals surface area contributed by atoms with Gasteiger partial charge in [0.05, 0.1) is 33.2 Å². The van der Waals surface area contributed by atoms with Crippen LogP contribution in [0.2, 0.25) is 0 Å². The van der Waals surface area contributed by atoms with E-state index in [1.165, 1.54) is 12.5 Å². The standard InChI is InChI=1S/C17H19NO5S/c1-20-13-9-15(22-3)14(21-2)8-12(13)17-18(5-7-24-17)16(19)11-4-6-23-10-11/h4,6,8-10,17H,5,7H2,1-3H3. The number of rotatable bonds is 5. The van der Waals surface area contributed by atoms with Gasteiger partial charge >= 0.3 is 0 Å². The Hall–Kier alpha value is -2.28. The minimum Gasteiger partial charge on any atom is -0.496 e. The third-order valence-electron chi connectivity index (χ3n) is 3.92. The number of nitrogens with zero attached hydrogens (tertiary/aromatic N) is 1. The highest BCUT2D eigenvalue weighted by Crippen LogP contribution is 2.46. The molecule has 0 spiro atoms. The molecule has 0 N–H and O–H groups in total. The number of methoxy groups -OCH3 is 3. The van der Waals surface area contributed by atoms with Crippen LogP contribution < -0.4 is 14.2 Å². The summed E-state index contributed by atoms with van der Waals surface area (Å²) in [6.07, 6.45) is 2.97. The van der Waals surface area contributed by atoms with Crippen molar-refractivity contribution in [3.8, 4) is 17.2 Å². The molecule has 1 aliphatic rings. The van der Waals surface area contributed by atoms with Crippen LogP contribution >= 0.6 is 11.8 Å². The van der Waals surface area contributed by atoms with E-state index < -0.39 is 0 Å². The monoisotopic (exact) mass is 349 g/mol. The molecule has 0 aliphatic carbocycles. The summed E-state index contributed by atoms with van der Waals surface area (Å²) in [5.74, 6) is 2.66. The number of benzene rings is 1. The minimum atomic E-state index is -0.151. The first kappa shape index (κ1) is 16.6. The maximum absolute atomic E-state index is 12.7. The molecular weight excluding hydrogens is 330 g/mol. The first-order valence-electron chi connectivity index (χ1n) is 7.44. The van der Waals surface area contributed by atoms with E-state index in [0.29, 0.717) is 29.4 Å². The van der Waals surface area contributed by atoms with Crippen LogP contribution in [0.25, 0.3) is 0 Å². The summed E-state index contributed by atoms with van der Waals surface area (Å²) in [5, 5.41) is -0.151. The van der Waals surface area contributed by atoms with Gasteiger partial charge in [-0.1, -0.05) is 0 Å². The zero-order chi connectivity index (χ0) is 17.1. The van der Waals surface area contributed by atoms with Gasteiger partial charge in [0.15, 0.2) is 11.5 Å². The van der Waals surface area contributed by atoms with Crippen molar-refractivity contribution in [1.29, 1.82) is 0 Å². The highest BCUT2D eigenvalue weighted by atomic mass is 32.2. The zero-order valence-electron chi connectivity index (χ0n) is 13.8. The molecule has 1 amide bonds. The third kappa shape index (κ3) is 2.91. The summed E-state index contributed by atoms with van der Waals surface area (Å²) in [4.78, 5) is 14.5. The van der Waals surface area contributed by atoms with Crippen molar-refractivity contribution in [3.05, 3.63) is 41.9 Å². The molecule has 1 aromatic heterocycles. The topological polar surface area (TPSA) is 61.1 Å². The molecule has 1 atom stereocenters. The number of hydrogen-bond acceptors (Lipinski definition) is 6. The largest absolute Gasteiger partial charge is 0.496 e. The van der Waals surface area contributed by atoms with Crippen LogP contribution in [0.1, 0.15) is 21.3 Å². The normalized spacial score (nSPS) is 17.0. The fraction of sp³-hybridized carbons (Fsp3) is 0.353. The number of amides is 1. The summed E-state index contributed by atoms with van der Waals surface area (Å²) in [6, 6.07) is 5.33. The van der Waals surface area contributed by atoms with Gasteiger partial charge in [0.1, 0.15) is 17.4 Å². The molecule has 6 nitrogen and oxygen atoms in total. The Balaban J connectivity index is 1.98. The molecule has 2 aromatic rings. The van der Waals surface area contributed by atoms with Crippen molar-refractivity contribution in [2.75, 3.05) is 33.6 Å². The number of carbonyl (C=O) groups is 1. The quantitative estimate of drug-likeness (QED) is 0.826. The van der Waals surface area contributed by atoms with E-state index in [-0.39, 0.29) is 11.3 Å². The van der Waals surface area contributed by atoms with Gasteiger partial charge in [-0.05, 0) is 12.1 Å². The molecule has 7 heteroatoms. The lowest BCUT2D eigenvalue weighted by atomic mass is 10.1. The predicted molar refractivity (Wildman–Crippen MR) is 91.0 cm³/mol. The Kier molecular flexibility index (Phi) is 4.89. The predicted octanol–water partition coefficient (Wildman–Crippen LogP) is 3.19. The molecule has 1 fully saturated rings. The SMILES string of the molecule is COc1cc(OC)c(C2SCCN2C(=O)c2ccoc2)cc1OC. The van der Waals surface area contributed by atoms with Crippen molar-refractivity contribution in [2.24, 2.45) is 0 Å². The van der Waals surface area contributed by atoms with Gasteiger partial charge in [0.2, 0.25) is 0 Å². The van der Waals surface area contributed by atoms with Crippen molar-refractivity contribution in [3.63, 3.8) is 0 Å². The maximum Gasteiger partial charge on any atom is 0.258 e. The fourth-order valence-electron chi connectivity index (χ4n) is 2.73. The fourth-order valence-corrected chi connectivity index (χ4v) is 4.00. The van der Waals surface area contributed by atoms with E-state index >= 15 is 0 Å². The molecule has 0 saturated carbocycles. The number of hydrogen-bond donors (Lipinski definition) is 0. The first-order valence-corrected chi connectivity index (χ1v) is 8.49. The van der Waals surface area contributed by atoms with E-state index in [1.54, 1.807) is 45.2 Å². The van der Waals surface area contributed by atoms with Crippen LogP contribution in [0.15, 0.2) is 35.1 Å². The molecule has 1 aliphatic heterocycles. The molecule has 1 aromatic carbocycles. The highest BCUT2D eigenvalue weighted by Gasteiger charge is 2.34. The smallest absolute Gasteiger partial charge is 0.258 e. The second-order valence-corrected chi connectivity index (χ2v) is 6.37. The molecule has 2 heterocycles. The van der Waals surface area contributed by atoms with E-state index in [0.717, 1.165) is 11.3 Å². The molecule has 3 rings (SSSR count). The van der Waals surface area contributed by atoms with E-state index in [1.807, 2.05) is 11.0 Å². The van der Waals surface area contributed by atoms with Gasteiger partial charge < -0.3 is 23.5 Å². The summed E-state index contributed by atoms with van der Waals surface area (Å²) >= 11 is 1.69. The van der Waals surface area contributed by atoms with Crippen LogP contribution in [-0.4, -0.2) is 44.4 Å². The van der Waals surface area contributed by atoms with Gasteiger partial charge in [-0.3, -0.25) is 4.79 Å². The summed E-state index contributed by atoms with van der Waals surface area (Å²) < 4.78 is 21.3.